The fourth-order valence-corrected chi connectivity index (χ4v) is 6.30. The van der Waals surface area contributed by atoms with E-state index in [4.69, 9.17) is 10.6 Å². The summed E-state index contributed by atoms with van der Waals surface area (Å²) in [5.74, 6) is -2.06. The molecular formula is C19H28Cl2N6O6S2. The summed E-state index contributed by atoms with van der Waals surface area (Å²) in [6.45, 7) is 2.53. The van der Waals surface area contributed by atoms with Gasteiger partial charge in [0.25, 0.3) is 11.8 Å². The molecule has 0 bridgehead atoms. The number of aromatic nitrogens is 1. The van der Waals surface area contributed by atoms with E-state index in [-0.39, 0.29) is 52.5 Å². The third-order valence-electron chi connectivity index (χ3n) is 5.91. The maximum Gasteiger partial charge on any atom is 0.276 e. The Morgan fingerprint density at radius 2 is 2.03 bits per heavy atom. The Morgan fingerprint density at radius 1 is 1.37 bits per heavy atom. The van der Waals surface area contributed by atoms with Crippen LogP contribution in [0.15, 0.2) is 21.8 Å². The Labute approximate surface area is 222 Å². The van der Waals surface area contributed by atoms with E-state index in [2.05, 4.69) is 22.5 Å². The quantitative estimate of drug-likeness (QED) is 0.176. The molecule has 16 heteroatoms. The smallest absolute Gasteiger partial charge is 0.276 e. The SMILES string of the molecule is CO/N=C(\C(=O)NC1C(=O)N2C(C(=O)[O-])=C(C[N+]3(C)CCCC3)CS[C@H]12)c1csc(N)n1.Cl.Cl.O. The van der Waals surface area contributed by atoms with Gasteiger partial charge in [-0.3, -0.25) is 14.5 Å². The summed E-state index contributed by atoms with van der Waals surface area (Å²) in [5, 5.41) is 19.6. The van der Waals surface area contributed by atoms with Crippen LogP contribution in [-0.2, 0) is 19.2 Å². The highest BCUT2D eigenvalue weighted by Crippen LogP contribution is 2.41. The number of hydrogen-bond acceptors (Lipinski definition) is 10. The summed E-state index contributed by atoms with van der Waals surface area (Å²) in [6, 6.07) is -0.891. The first-order valence-electron chi connectivity index (χ1n) is 10.1. The van der Waals surface area contributed by atoms with Gasteiger partial charge in [0.05, 0.1) is 31.8 Å². The Balaban J connectivity index is 0.00000204. The zero-order chi connectivity index (χ0) is 23.0. The normalized spacial score (nSPS) is 22.6. The average molecular weight is 572 g/mol. The minimum atomic E-state index is -1.37. The Hall–Kier alpha value is -2.10. The standard InChI is InChI=1S/C19H24N6O5S2.2ClH.H2O/c1-25(5-3-4-6-25)7-10-8-31-17-13(16(27)24(17)14(10)18(28)29)22-15(26)12(23-30-2)11-9-32-19(20)21-11;;;/h9,13,17H,3-8H2,1-2H3,(H3-,20,21,22,26,28,29);2*1H;1H2/b23-12-;;;/t13?,17-;;;/m1.../s1. The van der Waals surface area contributed by atoms with Gasteiger partial charge in [0.1, 0.15) is 30.8 Å². The number of carboxylic acids is 1. The van der Waals surface area contributed by atoms with Gasteiger partial charge in [-0.15, -0.1) is 47.9 Å². The number of amides is 2. The fourth-order valence-electron chi connectivity index (χ4n) is 4.41. The van der Waals surface area contributed by atoms with Crippen LogP contribution in [0.25, 0.3) is 0 Å². The maximum atomic E-state index is 12.9. The van der Waals surface area contributed by atoms with Crippen LogP contribution in [0, 0.1) is 0 Å². The number of likely N-dealkylation sites (tertiary alicyclic amines) is 1. The number of aliphatic carboxylic acids is 1. The van der Waals surface area contributed by atoms with Crippen LogP contribution >= 0.6 is 47.9 Å². The highest BCUT2D eigenvalue weighted by atomic mass is 35.5. The maximum absolute atomic E-state index is 12.9. The van der Waals surface area contributed by atoms with Gasteiger partial charge in [-0.1, -0.05) is 5.16 Å². The number of likely N-dealkylation sites (N-methyl/N-ethyl adjacent to an activating group) is 1. The van der Waals surface area contributed by atoms with Crippen LogP contribution in [0.4, 0.5) is 5.13 Å². The molecule has 1 aromatic heterocycles. The Bertz CT molecular complexity index is 1030. The number of hydrogen-bond donors (Lipinski definition) is 2. The number of nitrogen functional groups attached to an aromatic ring is 1. The van der Waals surface area contributed by atoms with E-state index in [1.165, 1.54) is 23.8 Å². The number of oxime groups is 1. The molecule has 196 valence electrons. The van der Waals surface area contributed by atoms with Gasteiger partial charge in [-0.25, -0.2) is 4.98 Å². The Kier molecular flexibility index (Phi) is 10.8. The number of nitrogens with one attached hydrogen (secondary N) is 1. The number of rotatable bonds is 7. The van der Waals surface area contributed by atoms with Gasteiger partial charge in [0, 0.05) is 29.5 Å². The van der Waals surface area contributed by atoms with Crippen molar-refractivity contribution in [2.45, 2.75) is 24.3 Å². The molecule has 2 amide bonds. The summed E-state index contributed by atoms with van der Waals surface area (Å²) in [6.07, 6.45) is 2.21. The van der Waals surface area contributed by atoms with Crippen molar-refractivity contribution in [1.82, 2.24) is 15.2 Å². The van der Waals surface area contributed by atoms with Crippen molar-refractivity contribution < 1.29 is 34.3 Å². The number of anilines is 1. The average Bonchev–Trinajstić information content (AvgIpc) is 3.37. The van der Waals surface area contributed by atoms with Gasteiger partial charge in [-0.05, 0) is 0 Å². The molecule has 35 heavy (non-hydrogen) atoms. The minimum Gasteiger partial charge on any atom is -0.543 e. The van der Waals surface area contributed by atoms with Gasteiger partial charge >= 0.3 is 0 Å². The van der Waals surface area contributed by atoms with Crippen molar-refractivity contribution in [3.63, 3.8) is 0 Å². The van der Waals surface area contributed by atoms with Gasteiger partial charge in [0.2, 0.25) is 0 Å². The van der Waals surface area contributed by atoms with Crippen molar-refractivity contribution in [3.05, 3.63) is 22.3 Å². The van der Waals surface area contributed by atoms with Crippen molar-refractivity contribution in [2.24, 2.45) is 5.16 Å². The first kappa shape index (κ1) is 30.9. The predicted octanol–water partition coefficient (Wildman–Crippen LogP) is -1.26. The van der Waals surface area contributed by atoms with Gasteiger partial charge in [0.15, 0.2) is 10.8 Å². The lowest BCUT2D eigenvalue weighted by molar-refractivity contribution is -0.893. The number of nitrogens with two attached hydrogens (primary N) is 1. The second-order valence-corrected chi connectivity index (χ2v) is 10.2. The number of carbonyl (C=O) groups excluding carboxylic acids is 3. The molecule has 2 atom stereocenters. The first-order valence-corrected chi connectivity index (χ1v) is 12.0. The molecule has 1 aromatic rings. The number of quaternary nitrogens is 1. The van der Waals surface area contributed by atoms with E-state index in [1.807, 2.05) is 0 Å². The summed E-state index contributed by atoms with van der Waals surface area (Å²) in [5.41, 5.74) is 6.39. The molecule has 0 aromatic carbocycles. The lowest BCUT2D eigenvalue weighted by Crippen LogP contribution is -2.71. The van der Waals surface area contributed by atoms with Crippen LogP contribution in [0.3, 0.4) is 0 Å². The topological polar surface area (TPSA) is 182 Å². The molecule has 0 spiro atoms. The molecule has 2 saturated heterocycles. The molecule has 0 aliphatic carbocycles. The molecule has 4 heterocycles. The van der Waals surface area contributed by atoms with Crippen LogP contribution in [0.1, 0.15) is 18.5 Å². The third kappa shape index (κ3) is 6.01. The molecule has 1 unspecified atom stereocenters. The second kappa shape index (κ2) is 12.2. The first-order chi connectivity index (χ1) is 15.2. The summed E-state index contributed by atoms with van der Waals surface area (Å²) < 4.78 is 0.757. The fraction of sp³-hybridized carbons (Fsp3) is 0.526. The third-order valence-corrected chi connectivity index (χ3v) is 7.92. The summed E-state index contributed by atoms with van der Waals surface area (Å²) in [7, 11) is 3.39. The zero-order valence-electron chi connectivity index (χ0n) is 19.0. The number of nitrogens with zero attached hydrogens (tertiary/aromatic N) is 4. The number of thioether (sulfide) groups is 1. The number of fused-ring (bicyclic) bond motifs is 1. The molecule has 0 radical (unpaired) electrons. The van der Waals surface area contributed by atoms with Crippen LogP contribution in [-0.4, -0.2) is 94.3 Å². The van der Waals surface area contributed by atoms with E-state index >= 15 is 0 Å². The highest BCUT2D eigenvalue weighted by Gasteiger charge is 2.53. The number of thiazole rings is 1. The molecule has 4 rings (SSSR count). The van der Waals surface area contributed by atoms with Crippen LogP contribution in [0.5, 0.6) is 0 Å². The largest absolute Gasteiger partial charge is 0.543 e. The summed E-state index contributed by atoms with van der Waals surface area (Å²) >= 11 is 2.57. The van der Waals surface area contributed by atoms with Gasteiger partial charge < -0.3 is 35.7 Å². The van der Waals surface area contributed by atoms with E-state index < -0.39 is 29.2 Å². The molecule has 5 N–H and O–H groups in total. The molecule has 2 fully saturated rings. The molecule has 12 nitrogen and oxygen atoms in total. The lowest BCUT2D eigenvalue weighted by Gasteiger charge is -2.51. The van der Waals surface area contributed by atoms with E-state index in [0.29, 0.717) is 17.9 Å². The molecule has 3 aliphatic heterocycles. The van der Waals surface area contributed by atoms with Crippen LogP contribution in [0.2, 0.25) is 0 Å². The van der Waals surface area contributed by atoms with Crippen molar-refractivity contribution in [3.8, 4) is 0 Å². The predicted molar refractivity (Wildman–Crippen MR) is 135 cm³/mol. The monoisotopic (exact) mass is 570 g/mol. The Morgan fingerprint density at radius 3 is 2.57 bits per heavy atom. The number of carboxylic acid groups (broad SMARTS) is 1. The van der Waals surface area contributed by atoms with E-state index in [1.54, 1.807) is 5.38 Å². The van der Waals surface area contributed by atoms with Crippen LogP contribution < -0.4 is 16.2 Å². The number of halogens is 2. The summed E-state index contributed by atoms with van der Waals surface area (Å²) in [4.78, 5) is 47.7. The minimum absolute atomic E-state index is 0. The van der Waals surface area contributed by atoms with E-state index in [0.717, 1.165) is 41.8 Å². The number of carbonyl (C=O) groups is 3. The highest BCUT2D eigenvalue weighted by molar-refractivity contribution is 8.00. The number of β-lactam (4-membered cyclic amide) rings is 1. The van der Waals surface area contributed by atoms with Gasteiger partial charge in [-0.2, -0.15) is 0 Å². The van der Waals surface area contributed by atoms with Crippen molar-refractivity contribution in [1.29, 1.82) is 0 Å². The van der Waals surface area contributed by atoms with Crippen molar-refractivity contribution in [2.75, 3.05) is 45.3 Å². The molecule has 0 saturated carbocycles. The molecule has 3 aliphatic rings. The molecular weight excluding hydrogens is 543 g/mol. The second-order valence-electron chi connectivity index (χ2n) is 8.23. The lowest BCUT2D eigenvalue weighted by atomic mass is 10.0. The zero-order valence-corrected chi connectivity index (χ0v) is 22.3. The van der Waals surface area contributed by atoms with Crippen molar-refractivity contribution >= 4 is 76.5 Å². The van der Waals surface area contributed by atoms with E-state index in [9.17, 15) is 19.5 Å².